The molecule has 1 amide bonds. The molecule has 41 heavy (non-hydrogen) atoms. The number of piperidine rings is 1. The summed E-state index contributed by atoms with van der Waals surface area (Å²) < 4.78 is 7.80. The third-order valence-corrected chi connectivity index (χ3v) is 9.79. The van der Waals surface area contributed by atoms with Crippen LogP contribution in [0.15, 0.2) is 59.2 Å². The average Bonchev–Trinajstić information content (AvgIpc) is 3.57. The van der Waals surface area contributed by atoms with Crippen molar-refractivity contribution in [3.8, 4) is 17.5 Å². The van der Waals surface area contributed by atoms with E-state index in [1.807, 2.05) is 54.7 Å². The zero-order valence-corrected chi connectivity index (χ0v) is 24.2. The van der Waals surface area contributed by atoms with Crippen molar-refractivity contribution in [3.05, 3.63) is 64.8 Å². The van der Waals surface area contributed by atoms with Crippen LogP contribution in [0, 0.1) is 29.2 Å². The molecular weight excluding hydrogens is 588 g/mol. The highest BCUT2D eigenvalue weighted by molar-refractivity contribution is 9.10. The van der Waals surface area contributed by atoms with Crippen LogP contribution in [0.4, 0.5) is 5.69 Å². The molecule has 1 aliphatic carbocycles. The molecular formula is C30H31BrN6O4. The zero-order valence-electron chi connectivity index (χ0n) is 22.6. The molecule has 2 aliphatic heterocycles. The summed E-state index contributed by atoms with van der Waals surface area (Å²) in [5.74, 6) is -1.48. The van der Waals surface area contributed by atoms with E-state index in [0.717, 1.165) is 27.0 Å². The van der Waals surface area contributed by atoms with Gasteiger partial charge in [-0.3, -0.25) is 14.3 Å². The average molecular weight is 620 g/mol. The molecule has 212 valence electrons. The lowest BCUT2D eigenvalue weighted by Crippen LogP contribution is -2.61. The normalized spacial score (nSPS) is 28.8. The van der Waals surface area contributed by atoms with Crippen LogP contribution in [0.25, 0.3) is 11.3 Å². The number of hydrogen-bond acceptors (Lipinski definition) is 8. The minimum atomic E-state index is -1.08. The third-order valence-electron chi connectivity index (χ3n) is 9.26. The fourth-order valence-electron chi connectivity index (χ4n) is 7.27. The predicted molar refractivity (Wildman–Crippen MR) is 153 cm³/mol. The van der Waals surface area contributed by atoms with Crippen molar-refractivity contribution < 1.29 is 19.4 Å². The topological polar surface area (TPSA) is 133 Å². The lowest BCUT2D eigenvalue weighted by Gasteiger charge is -2.52. The smallest absolute Gasteiger partial charge is 0.311 e. The summed E-state index contributed by atoms with van der Waals surface area (Å²) in [5, 5.41) is 32.9. The van der Waals surface area contributed by atoms with E-state index in [4.69, 9.17) is 4.74 Å². The number of nitrogens with zero attached hydrogens (tertiary/aromatic N) is 5. The van der Waals surface area contributed by atoms with Gasteiger partial charge in [-0.05, 0) is 61.3 Å². The number of rotatable bonds is 6. The molecule has 11 heteroatoms. The Morgan fingerprint density at radius 2 is 2.02 bits per heavy atom. The van der Waals surface area contributed by atoms with Gasteiger partial charge in [-0.2, -0.15) is 5.26 Å². The molecule has 0 bridgehead atoms. The highest BCUT2D eigenvalue weighted by atomic mass is 79.9. The van der Waals surface area contributed by atoms with Gasteiger partial charge in [0, 0.05) is 28.8 Å². The van der Waals surface area contributed by atoms with Gasteiger partial charge in [-0.25, -0.2) is 0 Å². The standard InChI is InChI=1S/C30H31BrN6O4/c1-41-28(39)27-21-14-26(36(17-32)15-19(21)8-11-25(27)38)30(22-4-2-3-5-23(22)33-29(30)40)12-13-37-16-24(34-35-37)18-6-9-20(31)10-7-18/h2-7,9-10,16,19,21,25-27,38H,8,11-15H2,1H3,(H,33,40)/t19-,21-,25-,26-,27+,30-/m0/s1. The number of para-hydroxylation sites is 1. The van der Waals surface area contributed by atoms with Gasteiger partial charge in [-0.1, -0.05) is 51.5 Å². The number of fused-ring (bicyclic) bond motifs is 2. The van der Waals surface area contributed by atoms with Crippen LogP contribution in [-0.4, -0.2) is 62.7 Å². The van der Waals surface area contributed by atoms with Crippen LogP contribution >= 0.6 is 15.9 Å². The first-order valence-electron chi connectivity index (χ1n) is 13.8. The third kappa shape index (κ3) is 4.69. The van der Waals surface area contributed by atoms with Crippen molar-refractivity contribution in [3.63, 3.8) is 0 Å². The molecule has 3 aromatic rings. The van der Waals surface area contributed by atoms with Gasteiger partial charge in [0.05, 0.1) is 36.8 Å². The van der Waals surface area contributed by atoms with Gasteiger partial charge < -0.3 is 20.1 Å². The van der Waals surface area contributed by atoms with Crippen molar-refractivity contribution in [2.45, 2.75) is 49.8 Å². The number of methoxy groups -OCH3 is 1. The summed E-state index contributed by atoms with van der Waals surface area (Å²) in [4.78, 5) is 28.6. The predicted octanol–water partition coefficient (Wildman–Crippen LogP) is 3.72. The van der Waals surface area contributed by atoms with E-state index in [0.29, 0.717) is 38.8 Å². The van der Waals surface area contributed by atoms with Crippen molar-refractivity contribution in [2.24, 2.45) is 17.8 Å². The fraction of sp³-hybridized carbons (Fsp3) is 0.433. The minimum absolute atomic E-state index is 0.0407. The maximum absolute atomic E-state index is 14.1. The van der Waals surface area contributed by atoms with Crippen LogP contribution in [0.1, 0.15) is 31.2 Å². The monoisotopic (exact) mass is 618 g/mol. The summed E-state index contributed by atoms with van der Waals surface area (Å²) in [6.45, 7) is 0.804. The molecule has 0 spiro atoms. The Morgan fingerprint density at radius 1 is 1.24 bits per heavy atom. The minimum Gasteiger partial charge on any atom is -0.469 e. The number of hydrogen-bond donors (Lipinski definition) is 2. The van der Waals surface area contributed by atoms with Gasteiger partial charge in [0.25, 0.3) is 0 Å². The fourth-order valence-corrected chi connectivity index (χ4v) is 7.53. The summed E-state index contributed by atoms with van der Waals surface area (Å²) in [6.07, 6.45) is 5.37. The lowest BCUT2D eigenvalue weighted by atomic mass is 9.60. The van der Waals surface area contributed by atoms with Crippen LogP contribution in [0.3, 0.4) is 0 Å². The number of nitriles is 1. The molecule has 2 fully saturated rings. The van der Waals surface area contributed by atoms with Gasteiger partial charge in [0.15, 0.2) is 6.19 Å². The summed E-state index contributed by atoms with van der Waals surface area (Å²) in [5.41, 5.74) is 2.12. The van der Waals surface area contributed by atoms with E-state index < -0.39 is 29.4 Å². The van der Waals surface area contributed by atoms with Gasteiger partial charge in [-0.15, -0.1) is 5.10 Å². The van der Waals surface area contributed by atoms with Crippen LogP contribution in [-0.2, 0) is 26.3 Å². The SMILES string of the molecule is COC(=O)[C@@H]1[C@H]2C[C@@H]([C@@]3(CCn4cc(-c5ccc(Br)cc5)nn4)C(=O)Nc4ccccc43)N(C#N)C[C@@H]2CC[C@@H]1O. The number of amides is 1. The van der Waals surface area contributed by atoms with E-state index in [-0.39, 0.29) is 17.7 Å². The number of nitrogens with one attached hydrogen (secondary N) is 1. The van der Waals surface area contributed by atoms with E-state index in [2.05, 4.69) is 37.8 Å². The number of carbonyl (C=O) groups excluding carboxylic acids is 2. The van der Waals surface area contributed by atoms with Crippen molar-refractivity contribution in [2.75, 3.05) is 19.0 Å². The second-order valence-electron chi connectivity index (χ2n) is 11.2. The van der Waals surface area contributed by atoms with E-state index >= 15 is 0 Å². The summed E-state index contributed by atoms with van der Waals surface area (Å²) in [7, 11) is 1.34. The number of carbonyl (C=O) groups is 2. The first-order chi connectivity index (χ1) is 19.8. The number of benzene rings is 2. The van der Waals surface area contributed by atoms with Crippen molar-refractivity contribution in [1.82, 2.24) is 19.9 Å². The summed E-state index contributed by atoms with van der Waals surface area (Å²) >= 11 is 3.45. The quantitative estimate of drug-likeness (QED) is 0.315. The van der Waals surface area contributed by atoms with Crippen molar-refractivity contribution >= 4 is 33.5 Å². The molecule has 0 unspecified atom stereocenters. The Hall–Kier alpha value is -3.75. The second kappa shape index (κ2) is 10.9. The van der Waals surface area contributed by atoms with E-state index in [1.54, 1.807) is 9.58 Å². The molecule has 2 N–H and O–H groups in total. The molecule has 0 radical (unpaired) electrons. The lowest BCUT2D eigenvalue weighted by molar-refractivity contribution is -0.160. The first-order valence-corrected chi connectivity index (χ1v) is 14.6. The maximum atomic E-state index is 14.1. The number of aromatic nitrogens is 3. The van der Waals surface area contributed by atoms with Gasteiger partial charge in [0.1, 0.15) is 5.69 Å². The molecule has 1 saturated heterocycles. The number of halogens is 1. The van der Waals surface area contributed by atoms with Gasteiger partial charge >= 0.3 is 5.97 Å². The Morgan fingerprint density at radius 3 is 2.78 bits per heavy atom. The molecule has 1 saturated carbocycles. The summed E-state index contributed by atoms with van der Waals surface area (Å²) in [6, 6.07) is 14.9. The van der Waals surface area contributed by atoms with Gasteiger partial charge in [0.2, 0.25) is 5.91 Å². The number of aliphatic hydroxyl groups excluding tert-OH is 1. The molecule has 3 heterocycles. The largest absolute Gasteiger partial charge is 0.469 e. The number of esters is 1. The molecule has 6 rings (SSSR count). The number of aryl methyl sites for hydroxylation is 1. The Kier molecular flexibility index (Phi) is 7.30. The number of likely N-dealkylation sites (tertiary alicyclic amines) is 1. The van der Waals surface area contributed by atoms with Crippen LogP contribution in [0.5, 0.6) is 0 Å². The Bertz CT molecular complexity index is 1500. The number of aliphatic hydroxyl groups is 1. The maximum Gasteiger partial charge on any atom is 0.311 e. The number of anilines is 1. The van der Waals surface area contributed by atoms with E-state index in [9.17, 15) is 20.0 Å². The molecule has 2 aromatic carbocycles. The molecule has 6 atom stereocenters. The Labute approximate surface area is 246 Å². The van der Waals surface area contributed by atoms with Crippen LogP contribution in [0.2, 0.25) is 0 Å². The molecule has 3 aliphatic rings. The van der Waals surface area contributed by atoms with Crippen molar-refractivity contribution in [1.29, 1.82) is 5.26 Å². The number of ether oxygens (including phenoxy) is 1. The second-order valence-corrected chi connectivity index (χ2v) is 12.1. The highest BCUT2D eigenvalue weighted by Crippen LogP contribution is 2.51. The zero-order chi connectivity index (χ0) is 28.7. The highest BCUT2D eigenvalue weighted by Gasteiger charge is 2.58. The van der Waals surface area contributed by atoms with Crippen LogP contribution < -0.4 is 5.32 Å². The first kappa shape index (κ1) is 27.4. The van der Waals surface area contributed by atoms with E-state index in [1.165, 1.54) is 7.11 Å². The Balaban J connectivity index is 1.37. The molecule has 1 aromatic heterocycles. The molecule has 10 nitrogen and oxygen atoms in total.